The lowest BCUT2D eigenvalue weighted by molar-refractivity contribution is -0.131. The fraction of sp³-hybridized carbons (Fsp3) is 0.562. The maximum Gasteiger partial charge on any atom is 0.236 e. The minimum atomic E-state index is -0.268. The lowest BCUT2D eigenvalue weighted by atomic mass is 10.0. The van der Waals surface area contributed by atoms with Gasteiger partial charge in [0.2, 0.25) is 5.91 Å². The van der Waals surface area contributed by atoms with Gasteiger partial charge >= 0.3 is 0 Å². The van der Waals surface area contributed by atoms with Crippen molar-refractivity contribution in [1.82, 2.24) is 9.80 Å². The number of nitrogens with two attached hydrogens (primary N) is 1. The van der Waals surface area contributed by atoms with Crippen LogP contribution in [0.5, 0.6) is 0 Å². The van der Waals surface area contributed by atoms with E-state index in [-0.39, 0.29) is 30.2 Å². The summed E-state index contributed by atoms with van der Waals surface area (Å²) < 4.78 is 13.6. The first-order valence-electron chi connectivity index (χ1n) is 7.42. The molecule has 1 amide bonds. The van der Waals surface area contributed by atoms with Gasteiger partial charge in [0.25, 0.3) is 0 Å². The molecule has 2 rings (SSSR count). The van der Waals surface area contributed by atoms with Crippen LogP contribution < -0.4 is 5.73 Å². The highest BCUT2D eigenvalue weighted by Crippen LogP contribution is 2.18. The number of benzene rings is 1. The van der Waals surface area contributed by atoms with Gasteiger partial charge in [-0.15, -0.1) is 12.4 Å². The van der Waals surface area contributed by atoms with Gasteiger partial charge in [-0.25, -0.2) is 4.39 Å². The average molecular weight is 330 g/mol. The van der Waals surface area contributed by atoms with E-state index < -0.39 is 0 Å². The van der Waals surface area contributed by atoms with E-state index in [0.29, 0.717) is 24.6 Å². The van der Waals surface area contributed by atoms with Crippen LogP contribution in [0.1, 0.15) is 18.9 Å². The summed E-state index contributed by atoms with van der Waals surface area (Å²) in [5, 5.41) is 0. The molecule has 6 heteroatoms. The molecule has 1 aliphatic heterocycles. The molecule has 1 aromatic rings. The van der Waals surface area contributed by atoms with E-state index in [0.717, 1.165) is 19.5 Å². The van der Waals surface area contributed by atoms with Crippen LogP contribution in [0.3, 0.4) is 0 Å². The summed E-state index contributed by atoms with van der Waals surface area (Å²) in [6, 6.07) is 6.73. The Labute approximate surface area is 137 Å². The monoisotopic (exact) mass is 329 g/mol. The molecule has 0 radical (unpaired) electrons. The van der Waals surface area contributed by atoms with Crippen LogP contribution in [-0.4, -0.2) is 48.4 Å². The van der Waals surface area contributed by atoms with Gasteiger partial charge in [0.15, 0.2) is 0 Å². The summed E-state index contributed by atoms with van der Waals surface area (Å²) in [5.74, 6) is 0.216. The van der Waals surface area contributed by atoms with Crippen LogP contribution >= 0.6 is 12.4 Å². The molecular formula is C16H25ClFN3O. The molecule has 2 unspecified atom stereocenters. The summed E-state index contributed by atoms with van der Waals surface area (Å²) in [7, 11) is 1.72. The Morgan fingerprint density at radius 3 is 2.77 bits per heavy atom. The molecule has 1 aliphatic rings. The van der Waals surface area contributed by atoms with Gasteiger partial charge < -0.3 is 10.6 Å². The Kier molecular flexibility index (Phi) is 7.26. The fourth-order valence-electron chi connectivity index (χ4n) is 2.72. The number of likely N-dealkylation sites (tertiary alicyclic amines) is 1. The van der Waals surface area contributed by atoms with Gasteiger partial charge in [-0.3, -0.25) is 9.69 Å². The highest BCUT2D eigenvalue weighted by Gasteiger charge is 2.27. The second-order valence-electron chi connectivity index (χ2n) is 5.98. The zero-order valence-electron chi connectivity index (χ0n) is 13.2. The molecule has 4 nitrogen and oxygen atoms in total. The summed E-state index contributed by atoms with van der Waals surface area (Å²) >= 11 is 0. The normalized spacial score (nSPS) is 19.5. The number of carbonyl (C=O) groups excluding carboxylic acids is 1. The lowest BCUT2D eigenvalue weighted by Crippen LogP contribution is -2.38. The SMILES string of the molecule is CC(N)C1CCN(CC(=O)N(C)Cc2ccccc2F)C1.Cl. The van der Waals surface area contributed by atoms with E-state index >= 15 is 0 Å². The molecule has 1 heterocycles. The first kappa shape index (κ1) is 18.9. The topological polar surface area (TPSA) is 49.6 Å². The van der Waals surface area contributed by atoms with Crippen LogP contribution in [0.25, 0.3) is 0 Å². The van der Waals surface area contributed by atoms with Crippen molar-refractivity contribution < 1.29 is 9.18 Å². The van der Waals surface area contributed by atoms with E-state index in [1.54, 1.807) is 30.1 Å². The van der Waals surface area contributed by atoms with Gasteiger partial charge in [0.1, 0.15) is 5.82 Å². The molecule has 0 bridgehead atoms. The zero-order valence-corrected chi connectivity index (χ0v) is 14.0. The molecule has 124 valence electrons. The van der Waals surface area contributed by atoms with Gasteiger partial charge in [-0.2, -0.15) is 0 Å². The van der Waals surface area contributed by atoms with Crippen LogP contribution in [0.4, 0.5) is 4.39 Å². The van der Waals surface area contributed by atoms with Crippen molar-refractivity contribution in [2.75, 3.05) is 26.7 Å². The first-order valence-corrected chi connectivity index (χ1v) is 7.42. The molecule has 0 saturated carbocycles. The number of amides is 1. The molecule has 1 fully saturated rings. The zero-order chi connectivity index (χ0) is 15.4. The molecule has 0 aromatic heterocycles. The standard InChI is InChI=1S/C16H24FN3O.ClH/c1-12(18)13-7-8-20(10-13)11-16(21)19(2)9-14-5-3-4-6-15(14)17;/h3-6,12-13H,7-11,18H2,1-2H3;1H. The Hall–Kier alpha value is -1.17. The molecule has 0 spiro atoms. The average Bonchev–Trinajstić information content (AvgIpc) is 2.90. The second-order valence-corrected chi connectivity index (χ2v) is 5.98. The van der Waals surface area contributed by atoms with Crippen LogP contribution in [0, 0.1) is 11.7 Å². The number of likely N-dealkylation sites (N-methyl/N-ethyl adjacent to an activating group) is 1. The van der Waals surface area contributed by atoms with E-state index in [1.165, 1.54) is 6.07 Å². The van der Waals surface area contributed by atoms with E-state index in [2.05, 4.69) is 4.90 Å². The number of halogens is 2. The molecule has 1 aromatic carbocycles. The highest BCUT2D eigenvalue weighted by molar-refractivity contribution is 5.85. The molecule has 0 aliphatic carbocycles. The lowest BCUT2D eigenvalue weighted by Gasteiger charge is -2.22. The molecule has 2 atom stereocenters. The molecule has 2 N–H and O–H groups in total. The molecule has 22 heavy (non-hydrogen) atoms. The summed E-state index contributed by atoms with van der Waals surface area (Å²) in [5.41, 5.74) is 6.45. The van der Waals surface area contributed by atoms with Gasteiger partial charge in [-0.05, 0) is 31.9 Å². The van der Waals surface area contributed by atoms with Gasteiger partial charge in [-0.1, -0.05) is 18.2 Å². The van der Waals surface area contributed by atoms with Crippen molar-refractivity contribution in [3.05, 3.63) is 35.6 Å². The van der Waals surface area contributed by atoms with Crippen molar-refractivity contribution in [3.63, 3.8) is 0 Å². The smallest absolute Gasteiger partial charge is 0.236 e. The minimum absolute atomic E-state index is 0. The van der Waals surface area contributed by atoms with E-state index in [9.17, 15) is 9.18 Å². The van der Waals surface area contributed by atoms with Crippen LogP contribution in [0.15, 0.2) is 24.3 Å². The molecular weight excluding hydrogens is 305 g/mol. The Bertz CT molecular complexity index is 498. The van der Waals surface area contributed by atoms with Crippen molar-refractivity contribution in [1.29, 1.82) is 0 Å². The maximum absolute atomic E-state index is 13.6. The van der Waals surface area contributed by atoms with Crippen molar-refractivity contribution in [2.24, 2.45) is 11.7 Å². The number of hydrogen-bond donors (Lipinski definition) is 1. The predicted molar refractivity (Wildman–Crippen MR) is 88.3 cm³/mol. The summed E-state index contributed by atoms with van der Waals surface area (Å²) in [6.07, 6.45) is 1.04. The predicted octanol–water partition coefficient (Wildman–Crippen LogP) is 1.88. The quantitative estimate of drug-likeness (QED) is 0.897. The van der Waals surface area contributed by atoms with Crippen LogP contribution in [0.2, 0.25) is 0 Å². The highest BCUT2D eigenvalue weighted by atomic mass is 35.5. The first-order chi connectivity index (χ1) is 9.97. The Morgan fingerprint density at radius 1 is 1.50 bits per heavy atom. The van der Waals surface area contributed by atoms with E-state index in [4.69, 9.17) is 5.73 Å². The van der Waals surface area contributed by atoms with Crippen LogP contribution in [-0.2, 0) is 11.3 Å². The second kappa shape index (κ2) is 8.46. The largest absolute Gasteiger partial charge is 0.340 e. The Morgan fingerprint density at radius 2 is 2.18 bits per heavy atom. The number of carbonyl (C=O) groups is 1. The Balaban J connectivity index is 0.00000242. The van der Waals surface area contributed by atoms with Crippen molar-refractivity contribution in [3.8, 4) is 0 Å². The molecule has 1 saturated heterocycles. The fourth-order valence-corrected chi connectivity index (χ4v) is 2.72. The number of rotatable bonds is 5. The van der Waals surface area contributed by atoms with Crippen molar-refractivity contribution >= 4 is 18.3 Å². The van der Waals surface area contributed by atoms with Gasteiger partial charge in [0.05, 0.1) is 6.54 Å². The van der Waals surface area contributed by atoms with Gasteiger partial charge in [0, 0.05) is 31.7 Å². The number of hydrogen-bond acceptors (Lipinski definition) is 3. The minimum Gasteiger partial charge on any atom is -0.340 e. The summed E-state index contributed by atoms with van der Waals surface area (Å²) in [6.45, 7) is 4.48. The third-order valence-corrected chi connectivity index (χ3v) is 4.20. The van der Waals surface area contributed by atoms with E-state index in [1.807, 2.05) is 6.92 Å². The third-order valence-electron chi connectivity index (χ3n) is 4.20. The summed E-state index contributed by atoms with van der Waals surface area (Å²) in [4.78, 5) is 15.9. The third kappa shape index (κ3) is 4.93. The van der Waals surface area contributed by atoms with Crippen molar-refractivity contribution in [2.45, 2.75) is 25.9 Å². The maximum atomic E-state index is 13.6. The number of nitrogens with zero attached hydrogens (tertiary/aromatic N) is 2.